The molecule has 0 radical (unpaired) electrons. The lowest BCUT2D eigenvalue weighted by atomic mass is 10.2. The van der Waals surface area contributed by atoms with Crippen LogP contribution in [0.1, 0.15) is 6.42 Å². The highest BCUT2D eigenvalue weighted by Gasteiger charge is 2.19. The molecule has 2 N–H and O–H groups in total. The van der Waals surface area contributed by atoms with Crippen molar-refractivity contribution in [1.29, 1.82) is 0 Å². The van der Waals surface area contributed by atoms with Gasteiger partial charge in [-0.3, -0.25) is 0 Å². The van der Waals surface area contributed by atoms with Gasteiger partial charge in [0.2, 0.25) is 0 Å². The summed E-state index contributed by atoms with van der Waals surface area (Å²) in [6.07, 6.45) is -2.45. The summed E-state index contributed by atoms with van der Waals surface area (Å²) in [5.41, 5.74) is 0. The minimum atomic E-state index is -1.34. The molecule has 0 heterocycles. The van der Waals surface area contributed by atoms with Crippen LogP contribution in [-0.4, -0.2) is 35.3 Å². The van der Waals surface area contributed by atoms with Crippen LogP contribution in [0.4, 0.5) is 4.53 Å². The van der Waals surface area contributed by atoms with E-state index in [-0.39, 0.29) is 6.42 Å². The number of aliphatic hydroxyl groups excluding tert-OH is 2. The Morgan fingerprint density at radius 2 is 2.30 bits per heavy atom. The largest absolute Gasteiger partial charge is 0.394 e. The molecule has 0 spiro atoms. The van der Waals surface area contributed by atoms with E-state index in [1.54, 1.807) is 0 Å². The number of aliphatic hydroxyl groups is 2. The van der Waals surface area contributed by atoms with Crippen molar-refractivity contribution in [3.05, 3.63) is 0 Å². The van der Waals surface area contributed by atoms with Crippen LogP contribution in [0.3, 0.4) is 0 Å². The molecule has 0 amide bonds. The van der Waals surface area contributed by atoms with Crippen molar-refractivity contribution in [2.75, 3.05) is 6.61 Å². The number of carbonyl (C=O) groups excluding carboxylic acids is 1. The molecule has 0 fully saturated rings. The molecule has 0 aliphatic carbocycles. The van der Waals surface area contributed by atoms with Crippen molar-refractivity contribution in [1.82, 2.24) is 0 Å². The Morgan fingerprint density at radius 3 is 2.60 bits per heavy atom. The van der Waals surface area contributed by atoms with Crippen LogP contribution in [-0.2, 0) is 9.74 Å². The first-order chi connectivity index (χ1) is 4.76. The third-order valence-electron chi connectivity index (χ3n) is 1.06. The van der Waals surface area contributed by atoms with Crippen molar-refractivity contribution in [3.8, 4) is 0 Å². The fraction of sp³-hybridized carbons (Fsp3) is 0.800. The van der Waals surface area contributed by atoms with Gasteiger partial charge in [0.1, 0.15) is 18.5 Å². The minimum Gasteiger partial charge on any atom is -0.394 e. The number of halogens is 1. The van der Waals surface area contributed by atoms with Gasteiger partial charge in [-0.05, 0) is 4.53 Å². The zero-order valence-corrected chi connectivity index (χ0v) is 5.24. The summed E-state index contributed by atoms with van der Waals surface area (Å²) < 4.78 is 11.4. The zero-order chi connectivity index (χ0) is 7.98. The number of hydrogen-bond donors (Lipinski definition) is 2. The molecule has 0 saturated heterocycles. The third kappa shape index (κ3) is 2.86. The summed E-state index contributed by atoms with van der Waals surface area (Å²) in [5.74, 6) is 0. The Bertz CT molecular complexity index is 97.6. The Morgan fingerprint density at radius 1 is 1.70 bits per heavy atom. The molecule has 0 aliphatic rings. The van der Waals surface area contributed by atoms with Gasteiger partial charge in [0.05, 0.1) is 6.61 Å². The zero-order valence-electron chi connectivity index (χ0n) is 5.24. The lowest BCUT2D eigenvalue weighted by molar-refractivity contribution is -0.213. The Balaban J connectivity index is 3.67. The lowest BCUT2D eigenvalue weighted by Gasteiger charge is -2.12. The third-order valence-corrected chi connectivity index (χ3v) is 1.06. The predicted octanol–water partition coefficient (Wildman–Crippen LogP) is -0.802. The highest BCUT2D eigenvalue weighted by atomic mass is 19.3. The molecule has 0 aromatic carbocycles. The molecule has 0 bridgehead atoms. The maximum Gasteiger partial charge on any atom is 0.133 e. The van der Waals surface area contributed by atoms with E-state index in [0.717, 1.165) is 0 Å². The van der Waals surface area contributed by atoms with Crippen molar-refractivity contribution in [2.24, 2.45) is 0 Å². The number of hydrogen-bond acceptors (Lipinski definition) is 4. The SMILES string of the molecule is O=CC[C@@H](OF)[C@H](O)CO. The molecule has 0 unspecified atom stereocenters. The first-order valence-electron chi connectivity index (χ1n) is 2.76. The van der Waals surface area contributed by atoms with Gasteiger partial charge in [0, 0.05) is 6.42 Å². The Kier molecular flexibility index (Phi) is 5.00. The second kappa shape index (κ2) is 5.28. The van der Waals surface area contributed by atoms with E-state index in [2.05, 4.69) is 4.94 Å². The first kappa shape index (κ1) is 9.48. The normalized spacial score (nSPS) is 16.3. The summed E-state index contributed by atoms with van der Waals surface area (Å²) in [4.78, 5) is 13.0. The van der Waals surface area contributed by atoms with Gasteiger partial charge in [-0.25, -0.2) is 0 Å². The summed E-state index contributed by atoms with van der Waals surface area (Å²) in [6, 6.07) is 0. The minimum absolute atomic E-state index is 0.266. The molecule has 0 saturated carbocycles. The van der Waals surface area contributed by atoms with Crippen molar-refractivity contribution in [3.63, 3.8) is 0 Å². The van der Waals surface area contributed by atoms with Crippen LogP contribution in [0.25, 0.3) is 0 Å². The summed E-state index contributed by atoms with van der Waals surface area (Å²) in [7, 11) is 0. The van der Waals surface area contributed by atoms with Crippen molar-refractivity contribution >= 4 is 6.29 Å². The van der Waals surface area contributed by atoms with Crippen LogP contribution in [0, 0.1) is 0 Å². The molecule has 2 atom stereocenters. The van der Waals surface area contributed by atoms with E-state index < -0.39 is 18.8 Å². The standard InChI is InChI=1S/C5H9FO4/c6-10-5(1-2-7)4(9)3-8/h2,4-5,8-9H,1,3H2/t4-,5-/m1/s1. The quantitative estimate of drug-likeness (QED) is 0.506. The Hall–Kier alpha value is -0.520. The van der Waals surface area contributed by atoms with Crippen LogP contribution in [0.15, 0.2) is 0 Å². The molecule has 5 heteroatoms. The Labute approximate surface area is 57.1 Å². The number of carbonyl (C=O) groups is 1. The average Bonchev–Trinajstić information content (AvgIpc) is 1.99. The van der Waals surface area contributed by atoms with E-state index in [1.807, 2.05) is 0 Å². The molecule has 0 aromatic heterocycles. The van der Waals surface area contributed by atoms with Crippen LogP contribution in [0.2, 0.25) is 0 Å². The van der Waals surface area contributed by atoms with E-state index in [9.17, 15) is 9.32 Å². The van der Waals surface area contributed by atoms with E-state index in [1.165, 1.54) is 0 Å². The van der Waals surface area contributed by atoms with Crippen LogP contribution in [0.5, 0.6) is 0 Å². The van der Waals surface area contributed by atoms with E-state index in [0.29, 0.717) is 6.29 Å². The average molecular weight is 152 g/mol. The van der Waals surface area contributed by atoms with Gasteiger partial charge in [-0.1, -0.05) is 0 Å². The van der Waals surface area contributed by atoms with Gasteiger partial charge in [-0.2, -0.15) is 4.94 Å². The predicted molar refractivity (Wildman–Crippen MR) is 29.8 cm³/mol. The molecule has 0 aromatic rings. The highest BCUT2D eigenvalue weighted by molar-refractivity contribution is 5.50. The van der Waals surface area contributed by atoms with Gasteiger partial charge < -0.3 is 15.0 Å². The molecule has 4 nitrogen and oxygen atoms in total. The molecule has 10 heavy (non-hydrogen) atoms. The lowest BCUT2D eigenvalue weighted by Crippen LogP contribution is -2.30. The summed E-state index contributed by atoms with van der Waals surface area (Å²) in [5, 5.41) is 16.9. The van der Waals surface area contributed by atoms with Gasteiger partial charge in [0.15, 0.2) is 0 Å². The first-order valence-corrected chi connectivity index (χ1v) is 2.76. The van der Waals surface area contributed by atoms with Crippen LogP contribution >= 0.6 is 0 Å². The van der Waals surface area contributed by atoms with Crippen molar-refractivity contribution < 1.29 is 24.5 Å². The second-order valence-corrected chi connectivity index (χ2v) is 1.78. The maximum atomic E-state index is 11.4. The van der Waals surface area contributed by atoms with Gasteiger partial charge in [-0.15, -0.1) is 0 Å². The molecule has 0 rings (SSSR count). The van der Waals surface area contributed by atoms with Crippen LogP contribution < -0.4 is 0 Å². The molecular formula is C5H9FO4. The topological polar surface area (TPSA) is 66.8 Å². The smallest absolute Gasteiger partial charge is 0.133 e. The van der Waals surface area contributed by atoms with Gasteiger partial charge >= 0.3 is 0 Å². The fourth-order valence-electron chi connectivity index (χ4n) is 0.465. The maximum absolute atomic E-state index is 11.4. The van der Waals surface area contributed by atoms with Gasteiger partial charge in [0.25, 0.3) is 0 Å². The molecule has 0 aliphatic heterocycles. The summed E-state index contributed by atoms with van der Waals surface area (Å²) in [6.45, 7) is -0.623. The van der Waals surface area contributed by atoms with Crippen molar-refractivity contribution in [2.45, 2.75) is 18.6 Å². The summed E-state index contributed by atoms with van der Waals surface area (Å²) >= 11 is 0. The van der Waals surface area contributed by atoms with E-state index >= 15 is 0 Å². The fourth-order valence-corrected chi connectivity index (χ4v) is 0.465. The molecule has 60 valence electrons. The highest BCUT2D eigenvalue weighted by Crippen LogP contribution is 2.02. The monoisotopic (exact) mass is 152 g/mol. The molecular weight excluding hydrogens is 143 g/mol. The number of rotatable bonds is 5. The second-order valence-electron chi connectivity index (χ2n) is 1.78. The van der Waals surface area contributed by atoms with E-state index in [4.69, 9.17) is 10.2 Å². The number of aldehydes is 1.